The minimum atomic E-state index is 0.582. The number of hydrogen-bond acceptors (Lipinski definition) is 1. The number of rotatable bonds is 4. The maximum Gasteiger partial charge on any atom is 0.0184 e. The Morgan fingerprint density at radius 1 is 1.16 bits per heavy atom. The van der Waals surface area contributed by atoms with E-state index in [1.807, 2.05) is 0 Å². The van der Waals surface area contributed by atoms with Gasteiger partial charge in [0.2, 0.25) is 0 Å². The lowest BCUT2D eigenvalue weighted by Crippen LogP contribution is -2.49. The smallest absolute Gasteiger partial charge is 0.0184 e. The Morgan fingerprint density at radius 3 is 2.26 bits per heavy atom. The number of hydrogen-bond donors (Lipinski definition) is 2. The van der Waals surface area contributed by atoms with Crippen LogP contribution in [0.1, 0.15) is 56.6 Å². The third-order valence-corrected chi connectivity index (χ3v) is 6.28. The van der Waals surface area contributed by atoms with E-state index in [-0.39, 0.29) is 0 Å². The highest BCUT2D eigenvalue weighted by molar-refractivity contribution is 5.18. The van der Waals surface area contributed by atoms with Gasteiger partial charge in [-0.05, 0) is 86.8 Å². The van der Waals surface area contributed by atoms with E-state index >= 15 is 0 Å². The Hall–Kier alpha value is -0.760. The monoisotopic (exact) mass is 258 g/mol. The molecule has 1 atom stereocenters. The van der Waals surface area contributed by atoms with Crippen molar-refractivity contribution in [3.8, 4) is 0 Å². The van der Waals surface area contributed by atoms with Gasteiger partial charge in [-0.3, -0.25) is 0 Å². The van der Waals surface area contributed by atoms with Gasteiger partial charge in [0.05, 0.1) is 0 Å². The molecule has 2 nitrogen and oxygen atoms in total. The molecule has 2 heteroatoms. The molecule has 0 aliphatic heterocycles. The van der Waals surface area contributed by atoms with Gasteiger partial charge < -0.3 is 10.7 Å². The van der Waals surface area contributed by atoms with Gasteiger partial charge in [-0.2, -0.15) is 0 Å². The summed E-state index contributed by atoms with van der Waals surface area (Å²) in [6, 6.07) is 4.44. The predicted octanol–water partition coefficient (Wildman–Crippen LogP) is 3.66. The number of aromatic amines is 1. The average molecular weight is 258 g/mol. The summed E-state index contributed by atoms with van der Waals surface area (Å²) in [7, 11) is 0. The maximum atomic E-state index is 5.94. The van der Waals surface area contributed by atoms with Gasteiger partial charge in [0, 0.05) is 17.8 Å². The SMILES string of the molecule is NCCC(c1ccc[nH]1)C12CC3CC(CC(C3)C1)C2. The van der Waals surface area contributed by atoms with E-state index in [1.54, 1.807) is 0 Å². The molecule has 104 valence electrons. The highest BCUT2D eigenvalue weighted by atomic mass is 14.7. The number of H-pyrrole nitrogens is 1. The lowest BCUT2D eigenvalue weighted by molar-refractivity contribution is -0.0703. The van der Waals surface area contributed by atoms with Crippen molar-refractivity contribution in [3.05, 3.63) is 24.0 Å². The zero-order chi connectivity index (χ0) is 12.9. The van der Waals surface area contributed by atoms with Crippen LogP contribution in [0.3, 0.4) is 0 Å². The van der Waals surface area contributed by atoms with Gasteiger partial charge in [0.25, 0.3) is 0 Å². The van der Waals surface area contributed by atoms with E-state index in [0.29, 0.717) is 11.3 Å². The molecule has 1 heterocycles. The number of nitrogens with two attached hydrogens (primary N) is 1. The average Bonchev–Trinajstić information content (AvgIpc) is 2.87. The minimum Gasteiger partial charge on any atom is -0.365 e. The number of aromatic nitrogens is 1. The van der Waals surface area contributed by atoms with Crippen molar-refractivity contribution in [2.45, 2.75) is 50.9 Å². The lowest BCUT2D eigenvalue weighted by atomic mass is 9.46. The molecule has 4 fully saturated rings. The van der Waals surface area contributed by atoms with Gasteiger partial charge >= 0.3 is 0 Å². The molecule has 4 aliphatic carbocycles. The quantitative estimate of drug-likeness (QED) is 0.850. The van der Waals surface area contributed by atoms with E-state index in [4.69, 9.17) is 5.73 Å². The summed E-state index contributed by atoms with van der Waals surface area (Å²) in [5.41, 5.74) is 7.97. The Labute approximate surface area is 116 Å². The summed E-state index contributed by atoms with van der Waals surface area (Å²) >= 11 is 0. The van der Waals surface area contributed by atoms with Crippen LogP contribution in [-0.4, -0.2) is 11.5 Å². The van der Waals surface area contributed by atoms with Crippen LogP contribution < -0.4 is 5.73 Å². The van der Waals surface area contributed by atoms with Crippen LogP contribution in [0.5, 0.6) is 0 Å². The molecule has 4 bridgehead atoms. The van der Waals surface area contributed by atoms with Crippen molar-refractivity contribution in [3.63, 3.8) is 0 Å². The van der Waals surface area contributed by atoms with E-state index < -0.39 is 0 Å². The number of nitrogens with one attached hydrogen (secondary N) is 1. The Kier molecular flexibility index (Phi) is 2.77. The fourth-order valence-electron chi connectivity index (χ4n) is 6.12. The van der Waals surface area contributed by atoms with Crippen molar-refractivity contribution < 1.29 is 0 Å². The van der Waals surface area contributed by atoms with Crippen LogP contribution in [0, 0.1) is 23.2 Å². The fraction of sp³-hybridized carbons (Fsp3) is 0.765. The van der Waals surface area contributed by atoms with E-state index in [9.17, 15) is 0 Å². The van der Waals surface area contributed by atoms with E-state index in [1.165, 1.54) is 44.2 Å². The molecule has 0 spiro atoms. The molecule has 4 aliphatic rings. The maximum absolute atomic E-state index is 5.94. The Bertz CT molecular complexity index is 399. The highest BCUT2D eigenvalue weighted by Crippen LogP contribution is 2.64. The third-order valence-electron chi connectivity index (χ3n) is 6.28. The minimum absolute atomic E-state index is 0.582. The van der Waals surface area contributed by atoms with Crippen LogP contribution in [0.25, 0.3) is 0 Å². The summed E-state index contributed by atoms with van der Waals surface area (Å²) in [6.07, 6.45) is 12.2. The summed E-state index contributed by atoms with van der Waals surface area (Å²) in [5, 5.41) is 0. The van der Waals surface area contributed by atoms with Crippen LogP contribution in [0.2, 0.25) is 0 Å². The first-order valence-corrected chi connectivity index (χ1v) is 8.12. The second kappa shape index (κ2) is 4.37. The second-order valence-electron chi connectivity index (χ2n) is 7.54. The van der Waals surface area contributed by atoms with Crippen LogP contribution in [0.4, 0.5) is 0 Å². The topological polar surface area (TPSA) is 41.8 Å². The first-order chi connectivity index (χ1) is 9.29. The fourth-order valence-corrected chi connectivity index (χ4v) is 6.12. The first-order valence-electron chi connectivity index (χ1n) is 8.12. The second-order valence-corrected chi connectivity index (χ2v) is 7.54. The molecular weight excluding hydrogens is 232 g/mol. The molecule has 4 saturated carbocycles. The Balaban J connectivity index is 1.68. The van der Waals surface area contributed by atoms with Crippen molar-refractivity contribution >= 4 is 0 Å². The standard InChI is InChI=1S/C17H26N2/c18-4-3-15(16-2-1-5-19-16)17-9-12-6-13(10-17)8-14(7-12)11-17/h1-2,5,12-15,19H,3-4,6-11,18H2. The lowest BCUT2D eigenvalue weighted by Gasteiger charge is -2.59. The molecule has 0 amide bonds. The van der Waals surface area contributed by atoms with E-state index in [2.05, 4.69) is 23.3 Å². The zero-order valence-corrected chi connectivity index (χ0v) is 11.8. The molecule has 3 N–H and O–H groups in total. The van der Waals surface area contributed by atoms with Crippen molar-refractivity contribution in [1.29, 1.82) is 0 Å². The summed E-state index contributed by atoms with van der Waals surface area (Å²) in [4.78, 5) is 3.49. The Morgan fingerprint density at radius 2 is 1.79 bits per heavy atom. The molecule has 1 aromatic heterocycles. The summed E-state index contributed by atoms with van der Waals surface area (Å²) in [6.45, 7) is 0.825. The first kappa shape index (κ1) is 12.0. The van der Waals surface area contributed by atoms with Crippen molar-refractivity contribution in [2.75, 3.05) is 6.54 Å². The summed E-state index contributed by atoms with van der Waals surface area (Å²) < 4.78 is 0. The normalized spacial score (nSPS) is 41.6. The molecular formula is C17H26N2. The van der Waals surface area contributed by atoms with Gasteiger partial charge in [-0.15, -0.1) is 0 Å². The molecule has 19 heavy (non-hydrogen) atoms. The summed E-state index contributed by atoms with van der Waals surface area (Å²) in [5.74, 6) is 3.77. The van der Waals surface area contributed by atoms with Crippen LogP contribution in [0.15, 0.2) is 18.3 Å². The van der Waals surface area contributed by atoms with E-state index in [0.717, 1.165) is 30.7 Å². The highest BCUT2D eigenvalue weighted by Gasteiger charge is 2.54. The molecule has 5 rings (SSSR count). The third kappa shape index (κ3) is 1.87. The van der Waals surface area contributed by atoms with Crippen LogP contribution >= 0.6 is 0 Å². The molecule has 1 unspecified atom stereocenters. The van der Waals surface area contributed by atoms with Gasteiger partial charge in [0.15, 0.2) is 0 Å². The van der Waals surface area contributed by atoms with Crippen molar-refractivity contribution in [1.82, 2.24) is 4.98 Å². The molecule has 0 saturated heterocycles. The molecule has 0 aromatic carbocycles. The molecule has 1 aromatic rings. The molecule has 0 radical (unpaired) electrons. The van der Waals surface area contributed by atoms with Crippen molar-refractivity contribution in [2.24, 2.45) is 28.9 Å². The largest absolute Gasteiger partial charge is 0.365 e. The van der Waals surface area contributed by atoms with Crippen LogP contribution in [-0.2, 0) is 0 Å². The van der Waals surface area contributed by atoms with Gasteiger partial charge in [-0.25, -0.2) is 0 Å². The van der Waals surface area contributed by atoms with Gasteiger partial charge in [0.1, 0.15) is 0 Å². The predicted molar refractivity (Wildman–Crippen MR) is 77.8 cm³/mol. The van der Waals surface area contributed by atoms with Gasteiger partial charge in [-0.1, -0.05) is 0 Å². The zero-order valence-electron chi connectivity index (χ0n) is 11.8.